The molecule has 0 saturated heterocycles. The lowest BCUT2D eigenvalue weighted by Gasteiger charge is -2.14. The van der Waals surface area contributed by atoms with Crippen molar-refractivity contribution in [3.63, 3.8) is 0 Å². The van der Waals surface area contributed by atoms with E-state index in [1.54, 1.807) is 12.1 Å². The van der Waals surface area contributed by atoms with Gasteiger partial charge in [-0.3, -0.25) is 0 Å². The van der Waals surface area contributed by atoms with E-state index in [0.29, 0.717) is 5.56 Å². The normalized spacial score (nSPS) is 23.5. The summed E-state index contributed by atoms with van der Waals surface area (Å²) in [6, 6.07) is 4.93. The van der Waals surface area contributed by atoms with Crippen LogP contribution >= 0.6 is 0 Å². The van der Waals surface area contributed by atoms with Gasteiger partial charge in [-0.05, 0) is 23.8 Å². The molecule has 1 aliphatic carbocycles. The molecule has 94 valence electrons. The smallest absolute Gasteiger partial charge is 0.129 e. The van der Waals surface area contributed by atoms with E-state index in [-0.39, 0.29) is 22.6 Å². The van der Waals surface area contributed by atoms with E-state index in [9.17, 15) is 9.50 Å². The molecule has 0 spiro atoms. The lowest BCUT2D eigenvalue weighted by Crippen LogP contribution is -2.08. The van der Waals surface area contributed by atoms with Gasteiger partial charge in [-0.2, -0.15) is 0 Å². The van der Waals surface area contributed by atoms with Gasteiger partial charge in [0.2, 0.25) is 0 Å². The Balaban J connectivity index is 2.34. The third-order valence-corrected chi connectivity index (χ3v) is 4.92. The van der Waals surface area contributed by atoms with Crippen LogP contribution in [0.3, 0.4) is 0 Å². The van der Waals surface area contributed by atoms with Gasteiger partial charge >= 0.3 is 0 Å². The molecule has 17 heavy (non-hydrogen) atoms. The Kier molecular flexibility index (Phi) is 2.62. The second kappa shape index (κ2) is 3.55. The van der Waals surface area contributed by atoms with Gasteiger partial charge in [0.1, 0.15) is 5.82 Å². The molecule has 0 aromatic heterocycles. The molecule has 0 amide bonds. The van der Waals surface area contributed by atoms with Crippen molar-refractivity contribution in [2.75, 3.05) is 0 Å². The van der Waals surface area contributed by atoms with Crippen molar-refractivity contribution in [2.45, 2.75) is 40.7 Å². The van der Waals surface area contributed by atoms with Gasteiger partial charge in [-0.1, -0.05) is 45.4 Å². The van der Waals surface area contributed by atoms with Crippen molar-refractivity contribution in [1.29, 1.82) is 0 Å². The highest BCUT2D eigenvalue weighted by molar-refractivity contribution is 5.30. The van der Waals surface area contributed by atoms with Crippen LogP contribution in [0.1, 0.15) is 44.9 Å². The first-order valence-corrected chi connectivity index (χ1v) is 6.13. The zero-order valence-electron chi connectivity index (χ0n) is 11.2. The van der Waals surface area contributed by atoms with Gasteiger partial charge in [-0.15, -0.1) is 0 Å². The summed E-state index contributed by atoms with van der Waals surface area (Å²) in [6.07, 6.45) is -0.708. The van der Waals surface area contributed by atoms with Crippen molar-refractivity contribution in [1.82, 2.24) is 0 Å². The molecule has 0 heterocycles. The molecule has 1 unspecified atom stereocenters. The van der Waals surface area contributed by atoms with Gasteiger partial charge in [0.05, 0.1) is 6.10 Å². The van der Waals surface area contributed by atoms with Crippen LogP contribution < -0.4 is 0 Å². The lowest BCUT2D eigenvalue weighted by molar-refractivity contribution is 0.126. The van der Waals surface area contributed by atoms with Crippen LogP contribution in [0, 0.1) is 29.5 Å². The van der Waals surface area contributed by atoms with Crippen LogP contribution in [0.25, 0.3) is 0 Å². The number of hydrogen-bond donors (Lipinski definition) is 1. The zero-order chi connectivity index (χ0) is 13.0. The lowest BCUT2D eigenvalue weighted by atomic mass is 9.97. The highest BCUT2D eigenvalue weighted by Crippen LogP contribution is 2.72. The third kappa shape index (κ3) is 1.70. The molecule has 1 atom stereocenters. The number of rotatable bonds is 2. The van der Waals surface area contributed by atoms with Crippen LogP contribution in [0.2, 0.25) is 0 Å². The molecule has 1 aromatic carbocycles. The second-order valence-corrected chi connectivity index (χ2v) is 6.39. The second-order valence-electron chi connectivity index (χ2n) is 6.39. The SMILES string of the molecule is Cc1ccc(F)c(C(O)C2C(C)(C)C2(C)C)c1. The molecule has 2 heteroatoms. The number of hydrogen-bond acceptors (Lipinski definition) is 1. The van der Waals surface area contributed by atoms with Crippen LogP contribution in [0.5, 0.6) is 0 Å². The van der Waals surface area contributed by atoms with Crippen LogP contribution in [0.15, 0.2) is 18.2 Å². The number of aliphatic hydroxyl groups is 1. The molecule has 1 fully saturated rings. The maximum atomic E-state index is 13.8. The maximum absolute atomic E-state index is 13.8. The summed E-state index contributed by atoms with van der Waals surface area (Å²) in [5.74, 6) is -0.187. The quantitative estimate of drug-likeness (QED) is 0.827. The average molecular weight is 236 g/mol. The fraction of sp³-hybridized carbons (Fsp3) is 0.600. The van der Waals surface area contributed by atoms with Crippen molar-refractivity contribution in [3.8, 4) is 0 Å². The molecule has 1 saturated carbocycles. The number of halogens is 1. The largest absolute Gasteiger partial charge is 0.388 e. The summed E-state index contributed by atoms with van der Waals surface area (Å²) in [5, 5.41) is 10.4. The molecule has 1 N–H and O–H groups in total. The van der Waals surface area contributed by atoms with Crippen molar-refractivity contribution >= 4 is 0 Å². The molecule has 0 bridgehead atoms. The minimum atomic E-state index is -0.708. The summed E-state index contributed by atoms with van der Waals surface area (Å²) in [5.41, 5.74) is 1.54. The van der Waals surface area contributed by atoms with E-state index in [2.05, 4.69) is 27.7 Å². The Bertz CT molecular complexity index is 434. The van der Waals surface area contributed by atoms with E-state index in [0.717, 1.165) is 5.56 Å². The minimum Gasteiger partial charge on any atom is -0.388 e. The van der Waals surface area contributed by atoms with Gasteiger partial charge in [-0.25, -0.2) is 4.39 Å². The number of aryl methyl sites for hydroxylation is 1. The van der Waals surface area contributed by atoms with E-state index in [4.69, 9.17) is 0 Å². The Morgan fingerprint density at radius 1 is 1.18 bits per heavy atom. The summed E-state index contributed by atoms with van der Waals surface area (Å²) in [4.78, 5) is 0. The highest BCUT2D eigenvalue weighted by atomic mass is 19.1. The van der Waals surface area contributed by atoms with E-state index < -0.39 is 6.10 Å². The minimum absolute atomic E-state index is 0.0581. The highest BCUT2D eigenvalue weighted by Gasteiger charge is 2.67. The van der Waals surface area contributed by atoms with Crippen molar-refractivity contribution in [3.05, 3.63) is 35.1 Å². The average Bonchev–Trinajstić information content (AvgIpc) is 2.61. The van der Waals surface area contributed by atoms with Crippen LogP contribution in [-0.2, 0) is 0 Å². The molecule has 2 rings (SSSR count). The van der Waals surface area contributed by atoms with Gasteiger partial charge in [0.25, 0.3) is 0 Å². The Labute approximate surface area is 103 Å². The van der Waals surface area contributed by atoms with Crippen LogP contribution in [-0.4, -0.2) is 5.11 Å². The molecule has 1 aliphatic rings. The molecule has 1 aromatic rings. The number of aliphatic hydroxyl groups excluding tert-OH is 1. The van der Waals surface area contributed by atoms with E-state index in [1.165, 1.54) is 6.07 Å². The molecule has 0 radical (unpaired) electrons. The molecular weight excluding hydrogens is 215 g/mol. The maximum Gasteiger partial charge on any atom is 0.129 e. The predicted octanol–water partition coefficient (Wildman–Crippen LogP) is 3.85. The number of benzene rings is 1. The Hall–Kier alpha value is -0.890. The van der Waals surface area contributed by atoms with Crippen LogP contribution in [0.4, 0.5) is 4.39 Å². The predicted molar refractivity (Wildman–Crippen MR) is 67.1 cm³/mol. The topological polar surface area (TPSA) is 20.2 Å². The Morgan fingerprint density at radius 3 is 2.18 bits per heavy atom. The fourth-order valence-corrected chi connectivity index (χ4v) is 3.11. The first-order valence-electron chi connectivity index (χ1n) is 6.13. The molecular formula is C15H21FO. The first kappa shape index (κ1) is 12.6. The zero-order valence-corrected chi connectivity index (χ0v) is 11.2. The first-order chi connectivity index (χ1) is 7.69. The third-order valence-electron chi connectivity index (χ3n) is 4.92. The fourth-order valence-electron chi connectivity index (χ4n) is 3.11. The summed E-state index contributed by atoms with van der Waals surface area (Å²) < 4.78 is 13.8. The standard InChI is InChI=1S/C15H21FO/c1-9-6-7-11(16)10(8-9)12(17)13-14(2,3)15(13,4)5/h6-8,12-13,17H,1-5H3. The molecule has 0 aliphatic heterocycles. The van der Waals surface area contributed by atoms with E-state index in [1.807, 2.05) is 6.92 Å². The van der Waals surface area contributed by atoms with Gasteiger partial charge in [0, 0.05) is 11.5 Å². The molecule has 1 nitrogen and oxygen atoms in total. The Morgan fingerprint density at radius 2 is 1.71 bits per heavy atom. The summed E-state index contributed by atoms with van der Waals surface area (Å²) >= 11 is 0. The summed E-state index contributed by atoms with van der Waals surface area (Å²) in [6.45, 7) is 10.4. The van der Waals surface area contributed by atoms with Crippen molar-refractivity contribution in [2.24, 2.45) is 16.7 Å². The van der Waals surface area contributed by atoms with Crippen molar-refractivity contribution < 1.29 is 9.50 Å². The van der Waals surface area contributed by atoms with Gasteiger partial charge < -0.3 is 5.11 Å². The monoisotopic (exact) mass is 236 g/mol. The van der Waals surface area contributed by atoms with Gasteiger partial charge in [0.15, 0.2) is 0 Å². The summed E-state index contributed by atoms with van der Waals surface area (Å²) in [7, 11) is 0. The van der Waals surface area contributed by atoms with E-state index >= 15 is 0 Å².